The average molecular weight is 397 g/mol. The molecular formula is C21H40N4O3. The fourth-order valence-electron chi connectivity index (χ4n) is 4.23. The van der Waals surface area contributed by atoms with Crippen LogP contribution in [0.2, 0.25) is 0 Å². The molecule has 0 aromatic carbocycles. The van der Waals surface area contributed by atoms with Crippen LogP contribution in [0.4, 0.5) is 4.79 Å². The Kier molecular flexibility index (Phi) is 7.23. The van der Waals surface area contributed by atoms with Gasteiger partial charge in [-0.2, -0.15) is 0 Å². The van der Waals surface area contributed by atoms with Crippen LogP contribution in [-0.4, -0.2) is 67.5 Å². The number of methoxy groups -OCH3 is 1. The Bertz CT molecular complexity index is 551. The summed E-state index contributed by atoms with van der Waals surface area (Å²) in [6, 6.07) is 0.786. The number of amides is 1. The summed E-state index contributed by atoms with van der Waals surface area (Å²) in [6.45, 7) is 13.0. The van der Waals surface area contributed by atoms with Gasteiger partial charge < -0.3 is 25.0 Å². The van der Waals surface area contributed by atoms with Crippen LogP contribution in [0.3, 0.4) is 0 Å². The summed E-state index contributed by atoms with van der Waals surface area (Å²) in [4.78, 5) is 18.9. The van der Waals surface area contributed by atoms with E-state index in [4.69, 9.17) is 9.47 Å². The molecule has 2 rings (SSSR count). The minimum atomic E-state index is -0.456. The number of fused-ring (bicyclic) bond motifs is 2. The molecule has 0 aromatic heterocycles. The molecule has 2 fully saturated rings. The van der Waals surface area contributed by atoms with E-state index in [0.29, 0.717) is 12.6 Å². The van der Waals surface area contributed by atoms with Crippen molar-refractivity contribution in [1.82, 2.24) is 15.5 Å². The fraction of sp³-hybridized carbons (Fsp3) is 0.905. The predicted molar refractivity (Wildman–Crippen MR) is 113 cm³/mol. The van der Waals surface area contributed by atoms with Crippen LogP contribution in [0.25, 0.3) is 0 Å². The maximum Gasteiger partial charge on any atom is 0.410 e. The molecule has 0 aliphatic carbocycles. The number of nitrogens with one attached hydrogen (secondary N) is 2. The summed E-state index contributed by atoms with van der Waals surface area (Å²) in [5.74, 6) is 0.793. The molecule has 7 nitrogen and oxygen atoms in total. The van der Waals surface area contributed by atoms with E-state index >= 15 is 0 Å². The normalized spacial score (nSPS) is 26.8. The predicted octanol–water partition coefficient (Wildman–Crippen LogP) is 3.14. The number of piperidine rings is 1. The molecule has 2 heterocycles. The van der Waals surface area contributed by atoms with Crippen LogP contribution in [0.5, 0.6) is 0 Å². The second-order valence-electron chi connectivity index (χ2n) is 10.1. The highest BCUT2D eigenvalue weighted by molar-refractivity contribution is 5.80. The standard InChI is InChI=1S/C21H40N4O3/c1-20(2,3)17(27-8)13-23-18(22-7)24-14-11-15-9-10-16(12-14)25(15)19(26)28-21(4,5)6/h14-17H,9-13H2,1-8H3,(H2,22,23,24). The maximum atomic E-state index is 12.6. The van der Waals surface area contributed by atoms with E-state index in [1.165, 1.54) is 0 Å². The number of carbonyl (C=O) groups is 1. The summed E-state index contributed by atoms with van der Waals surface area (Å²) in [7, 11) is 3.54. The van der Waals surface area contributed by atoms with Crippen molar-refractivity contribution in [3.05, 3.63) is 0 Å². The molecule has 2 bridgehead atoms. The van der Waals surface area contributed by atoms with Crippen LogP contribution < -0.4 is 10.6 Å². The van der Waals surface area contributed by atoms with Crippen molar-refractivity contribution in [2.75, 3.05) is 20.7 Å². The van der Waals surface area contributed by atoms with Gasteiger partial charge in [0.1, 0.15) is 5.60 Å². The Hall–Kier alpha value is -1.50. The largest absolute Gasteiger partial charge is 0.444 e. The highest BCUT2D eigenvalue weighted by Gasteiger charge is 2.45. The third-order valence-electron chi connectivity index (χ3n) is 5.61. The van der Waals surface area contributed by atoms with Gasteiger partial charge in [-0.25, -0.2) is 4.79 Å². The zero-order valence-electron chi connectivity index (χ0n) is 19.0. The van der Waals surface area contributed by atoms with Gasteiger partial charge in [0.25, 0.3) is 0 Å². The second kappa shape index (κ2) is 8.89. The first-order valence-electron chi connectivity index (χ1n) is 10.5. The van der Waals surface area contributed by atoms with E-state index in [1.807, 2.05) is 25.7 Å². The minimum absolute atomic E-state index is 0.0540. The second-order valence-corrected chi connectivity index (χ2v) is 10.1. The molecule has 0 spiro atoms. The van der Waals surface area contributed by atoms with Crippen molar-refractivity contribution >= 4 is 12.1 Å². The van der Waals surface area contributed by atoms with Crippen molar-refractivity contribution < 1.29 is 14.3 Å². The Morgan fingerprint density at radius 1 is 1.14 bits per heavy atom. The quantitative estimate of drug-likeness (QED) is 0.564. The van der Waals surface area contributed by atoms with E-state index in [1.54, 1.807) is 14.2 Å². The molecular weight excluding hydrogens is 356 g/mol. The first-order chi connectivity index (χ1) is 12.9. The number of carbonyl (C=O) groups excluding carboxylic acids is 1. The van der Waals surface area contributed by atoms with E-state index in [-0.39, 0.29) is 29.7 Å². The van der Waals surface area contributed by atoms with E-state index in [0.717, 1.165) is 31.6 Å². The van der Waals surface area contributed by atoms with Gasteiger partial charge in [-0.05, 0) is 51.9 Å². The van der Waals surface area contributed by atoms with Gasteiger partial charge in [-0.3, -0.25) is 4.99 Å². The number of guanidine groups is 1. The van der Waals surface area contributed by atoms with Crippen molar-refractivity contribution in [3.63, 3.8) is 0 Å². The van der Waals surface area contributed by atoms with E-state index < -0.39 is 5.60 Å². The molecule has 0 aromatic rings. The molecule has 28 heavy (non-hydrogen) atoms. The molecule has 0 saturated carbocycles. The molecule has 2 aliphatic heterocycles. The fourth-order valence-corrected chi connectivity index (χ4v) is 4.23. The summed E-state index contributed by atoms with van der Waals surface area (Å²) in [5, 5.41) is 6.95. The van der Waals surface area contributed by atoms with Crippen molar-refractivity contribution in [3.8, 4) is 0 Å². The Morgan fingerprint density at radius 3 is 2.14 bits per heavy atom. The lowest BCUT2D eigenvalue weighted by molar-refractivity contribution is 0.00536. The van der Waals surface area contributed by atoms with Gasteiger partial charge in [0.2, 0.25) is 0 Å². The number of hydrogen-bond acceptors (Lipinski definition) is 4. The van der Waals surface area contributed by atoms with Gasteiger partial charge in [0, 0.05) is 38.8 Å². The SMILES string of the molecule is CN=C(NCC(OC)C(C)(C)C)NC1CC2CCC(C1)N2C(=O)OC(C)(C)C. The van der Waals surface area contributed by atoms with Crippen LogP contribution in [0.15, 0.2) is 4.99 Å². The molecule has 2 N–H and O–H groups in total. The summed E-state index contributed by atoms with van der Waals surface area (Å²) < 4.78 is 11.2. The Balaban J connectivity index is 1.90. The van der Waals surface area contributed by atoms with Gasteiger partial charge in [-0.1, -0.05) is 20.8 Å². The molecule has 7 heteroatoms. The lowest BCUT2D eigenvalue weighted by Crippen LogP contribution is -2.55. The first kappa shape index (κ1) is 22.8. The number of nitrogens with zero attached hydrogens (tertiary/aromatic N) is 2. The summed E-state index contributed by atoms with van der Waals surface area (Å²) in [5.41, 5.74) is -0.402. The van der Waals surface area contributed by atoms with Gasteiger partial charge >= 0.3 is 6.09 Å². The third kappa shape index (κ3) is 6.00. The van der Waals surface area contributed by atoms with Crippen LogP contribution in [-0.2, 0) is 9.47 Å². The molecule has 0 radical (unpaired) electrons. The monoisotopic (exact) mass is 396 g/mol. The zero-order valence-corrected chi connectivity index (χ0v) is 19.0. The molecule has 3 atom stereocenters. The smallest absolute Gasteiger partial charge is 0.410 e. The van der Waals surface area contributed by atoms with Gasteiger partial charge in [0.15, 0.2) is 5.96 Å². The molecule has 1 amide bonds. The molecule has 3 unspecified atom stereocenters. The topological polar surface area (TPSA) is 75.2 Å². The number of rotatable bonds is 4. The van der Waals surface area contributed by atoms with E-state index in [9.17, 15) is 4.79 Å². The van der Waals surface area contributed by atoms with Gasteiger partial charge in [0.05, 0.1) is 6.10 Å². The highest BCUT2D eigenvalue weighted by atomic mass is 16.6. The number of aliphatic imine (C=N–C) groups is 1. The lowest BCUT2D eigenvalue weighted by atomic mass is 9.89. The highest BCUT2D eigenvalue weighted by Crippen LogP contribution is 2.36. The zero-order chi connectivity index (χ0) is 21.1. The van der Waals surface area contributed by atoms with E-state index in [2.05, 4.69) is 36.4 Å². The average Bonchev–Trinajstić information content (AvgIpc) is 2.83. The van der Waals surface area contributed by atoms with Crippen LogP contribution in [0, 0.1) is 5.41 Å². The van der Waals surface area contributed by atoms with Crippen molar-refractivity contribution in [2.45, 2.75) is 97.1 Å². The Labute approximate surface area is 170 Å². The van der Waals surface area contributed by atoms with Crippen LogP contribution in [0.1, 0.15) is 67.2 Å². The lowest BCUT2D eigenvalue weighted by Gasteiger charge is -2.40. The first-order valence-corrected chi connectivity index (χ1v) is 10.5. The van der Waals surface area contributed by atoms with Crippen molar-refractivity contribution in [1.29, 1.82) is 0 Å². The minimum Gasteiger partial charge on any atom is -0.444 e. The third-order valence-corrected chi connectivity index (χ3v) is 5.61. The Morgan fingerprint density at radius 2 is 1.71 bits per heavy atom. The molecule has 162 valence electrons. The molecule has 2 aliphatic rings. The summed E-state index contributed by atoms with van der Waals surface area (Å²) >= 11 is 0. The molecule has 2 saturated heterocycles. The summed E-state index contributed by atoms with van der Waals surface area (Å²) in [6.07, 6.45) is 3.85. The number of hydrogen-bond donors (Lipinski definition) is 2. The van der Waals surface area contributed by atoms with Crippen LogP contribution >= 0.6 is 0 Å². The van der Waals surface area contributed by atoms with Crippen molar-refractivity contribution in [2.24, 2.45) is 10.4 Å². The maximum absolute atomic E-state index is 12.6. The number of ether oxygens (including phenoxy) is 2. The van der Waals surface area contributed by atoms with Gasteiger partial charge in [-0.15, -0.1) is 0 Å².